The van der Waals surface area contributed by atoms with Gasteiger partial charge >= 0.3 is 0 Å². The highest BCUT2D eigenvalue weighted by Crippen LogP contribution is 1.63. The quantitative estimate of drug-likeness (QED) is 0.305. The molecule has 0 saturated heterocycles. The fourth-order valence-corrected chi connectivity index (χ4v) is 0.169. The molecule has 0 unspecified atom stereocenters. The maximum Gasteiger partial charge on any atom is 0.147 e. The minimum atomic E-state index is 0.0139. The van der Waals surface area contributed by atoms with Gasteiger partial charge in [-0.1, -0.05) is 5.64 Å². The van der Waals surface area contributed by atoms with Crippen LogP contribution in [0.5, 0.6) is 0 Å². The zero-order valence-corrected chi connectivity index (χ0v) is 4.72. The summed E-state index contributed by atoms with van der Waals surface area (Å²) in [6.07, 6.45) is 0.631. The summed E-state index contributed by atoms with van der Waals surface area (Å²) in [5, 5.41) is 0. The van der Waals surface area contributed by atoms with Gasteiger partial charge in [0, 0.05) is 0 Å². The molecule has 4 heteroatoms. The Morgan fingerprint density at radius 2 is 2.38 bits per heavy atom. The molecule has 0 aliphatic rings. The van der Waals surface area contributed by atoms with Gasteiger partial charge in [0.05, 0.1) is 6.61 Å². The van der Waals surface area contributed by atoms with E-state index < -0.39 is 0 Å². The Balaban J connectivity index is 2.62. The van der Waals surface area contributed by atoms with Gasteiger partial charge in [-0.2, -0.15) is 0 Å². The van der Waals surface area contributed by atoms with Crippen molar-refractivity contribution in [1.82, 2.24) is 5.64 Å². The van der Waals surface area contributed by atoms with Crippen LogP contribution in [-0.2, 0) is 14.5 Å². The number of carbonyl (C=O) groups is 1. The van der Waals surface area contributed by atoms with Crippen LogP contribution in [0.1, 0.15) is 6.92 Å². The van der Waals surface area contributed by atoms with Crippen molar-refractivity contribution in [2.75, 3.05) is 13.2 Å². The summed E-state index contributed by atoms with van der Waals surface area (Å²) in [6, 6.07) is 0. The molecular weight excluding hydrogens is 110 g/mol. The van der Waals surface area contributed by atoms with E-state index in [-0.39, 0.29) is 6.61 Å². The van der Waals surface area contributed by atoms with E-state index in [9.17, 15) is 4.79 Å². The summed E-state index contributed by atoms with van der Waals surface area (Å²) < 4.78 is 0. The minimum absolute atomic E-state index is 0.0139. The average Bonchev–Trinajstić information content (AvgIpc) is 1.81. The first-order valence-corrected chi connectivity index (χ1v) is 2.34. The number of hydrogen-bond donors (Lipinski definition) is 1. The van der Waals surface area contributed by atoms with Crippen molar-refractivity contribution in [3.8, 4) is 0 Å². The van der Waals surface area contributed by atoms with Gasteiger partial charge in [-0.3, -0.25) is 9.68 Å². The standard InChI is InChI=1S/C4H9NO3/c1-2-7-5-8-4-3-6/h3,5H,2,4H2,1H3. The first-order valence-electron chi connectivity index (χ1n) is 2.34. The van der Waals surface area contributed by atoms with E-state index in [1.54, 1.807) is 6.92 Å². The van der Waals surface area contributed by atoms with Crippen LogP contribution in [0.2, 0.25) is 0 Å². The molecule has 0 bridgehead atoms. The molecule has 0 aliphatic heterocycles. The molecule has 0 aliphatic carbocycles. The van der Waals surface area contributed by atoms with E-state index in [2.05, 4.69) is 15.3 Å². The van der Waals surface area contributed by atoms with Crippen molar-refractivity contribution in [2.45, 2.75) is 6.92 Å². The highest BCUT2D eigenvalue weighted by atomic mass is 16.9. The van der Waals surface area contributed by atoms with Crippen molar-refractivity contribution in [3.05, 3.63) is 0 Å². The molecule has 0 amide bonds. The van der Waals surface area contributed by atoms with Crippen LogP contribution in [-0.4, -0.2) is 19.5 Å². The molecule has 0 aromatic rings. The first-order chi connectivity index (χ1) is 3.91. The fraction of sp³-hybridized carbons (Fsp3) is 0.750. The van der Waals surface area contributed by atoms with Crippen molar-refractivity contribution >= 4 is 6.29 Å². The second-order valence-corrected chi connectivity index (χ2v) is 0.994. The monoisotopic (exact) mass is 119 g/mol. The van der Waals surface area contributed by atoms with Crippen LogP contribution in [0.25, 0.3) is 0 Å². The van der Waals surface area contributed by atoms with Crippen LogP contribution in [0, 0.1) is 0 Å². The van der Waals surface area contributed by atoms with E-state index in [0.717, 1.165) is 0 Å². The molecule has 48 valence electrons. The molecule has 0 radical (unpaired) electrons. The zero-order chi connectivity index (χ0) is 6.24. The summed E-state index contributed by atoms with van der Waals surface area (Å²) in [6.45, 7) is 2.33. The fourth-order valence-electron chi connectivity index (χ4n) is 0.169. The van der Waals surface area contributed by atoms with E-state index in [4.69, 9.17) is 0 Å². The second kappa shape index (κ2) is 6.55. The highest BCUT2D eigenvalue weighted by molar-refractivity contribution is 5.50. The third-order valence-corrected chi connectivity index (χ3v) is 0.414. The topological polar surface area (TPSA) is 47.6 Å². The van der Waals surface area contributed by atoms with Gasteiger partial charge in [-0.15, -0.1) is 0 Å². The van der Waals surface area contributed by atoms with Crippen molar-refractivity contribution < 1.29 is 14.5 Å². The van der Waals surface area contributed by atoms with E-state index >= 15 is 0 Å². The van der Waals surface area contributed by atoms with E-state index in [0.29, 0.717) is 12.9 Å². The van der Waals surface area contributed by atoms with Crippen LogP contribution in [0.4, 0.5) is 0 Å². The molecule has 0 saturated carbocycles. The molecule has 0 spiro atoms. The van der Waals surface area contributed by atoms with Crippen LogP contribution < -0.4 is 5.64 Å². The van der Waals surface area contributed by atoms with Crippen molar-refractivity contribution in [3.63, 3.8) is 0 Å². The normalized spacial score (nSPS) is 9.12. The van der Waals surface area contributed by atoms with Gasteiger partial charge in [0.15, 0.2) is 0 Å². The lowest BCUT2D eigenvalue weighted by atomic mass is 10.9. The Kier molecular flexibility index (Phi) is 6.18. The van der Waals surface area contributed by atoms with Gasteiger partial charge < -0.3 is 4.79 Å². The van der Waals surface area contributed by atoms with Crippen LogP contribution in [0.3, 0.4) is 0 Å². The Morgan fingerprint density at radius 3 is 2.88 bits per heavy atom. The van der Waals surface area contributed by atoms with E-state index in [1.807, 2.05) is 0 Å². The molecule has 4 nitrogen and oxygen atoms in total. The largest absolute Gasteiger partial charge is 0.301 e. The lowest BCUT2D eigenvalue weighted by molar-refractivity contribution is -0.168. The number of aldehydes is 1. The third-order valence-electron chi connectivity index (χ3n) is 0.414. The second-order valence-electron chi connectivity index (χ2n) is 0.994. The lowest BCUT2D eigenvalue weighted by Crippen LogP contribution is -2.16. The predicted octanol–water partition coefficient (Wildman–Crippen LogP) is -0.342. The summed E-state index contributed by atoms with van der Waals surface area (Å²) in [4.78, 5) is 18.4. The predicted molar refractivity (Wildman–Crippen MR) is 26.8 cm³/mol. The van der Waals surface area contributed by atoms with Gasteiger partial charge in [-0.25, -0.2) is 0 Å². The Morgan fingerprint density at radius 1 is 1.62 bits per heavy atom. The molecule has 0 aromatic heterocycles. The Labute approximate surface area is 47.7 Å². The van der Waals surface area contributed by atoms with Gasteiger partial charge in [0.25, 0.3) is 0 Å². The van der Waals surface area contributed by atoms with Gasteiger partial charge in [0.1, 0.15) is 12.9 Å². The SMILES string of the molecule is CCONOCC=O. The first kappa shape index (κ1) is 7.55. The maximum absolute atomic E-state index is 9.55. The highest BCUT2D eigenvalue weighted by Gasteiger charge is 1.78. The zero-order valence-electron chi connectivity index (χ0n) is 4.72. The molecule has 0 heterocycles. The molecule has 8 heavy (non-hydrogen) atoms. The summed E-state index contributed by atoms with van der Waals surface area (Å²) in [5.74, 6) is 0. The molecule has 0 rings (SSSR count). The summed E-state index contributed by atoms with van der Waals surface area (Å²) in [7, 11) is 0. The maximum atomic E-state index is 9.55. The minimum Gasteiger partial charge on any atom is -0.301 e. The Bertz CT molecular complexity index is 57.2. The van der Waals surface area contributed by atoms with Crippen LogP contribution in [0.15, 0.2) is 0 Å². The molecule has 0 aromatic carbocycles. The van der Waals surface area contributed by atoms with Gasteiger partial charge in [0.2, 0.25) is 0 Å². The average molecular weight is 119 g/mol. The van der Waals surface area contributed by atoms with Crippen molar-refractivity contribution in [2.24, 2.45) is 0 Å². The summed E-state index contributed by atoms with van der Waals surface area (Å²) >= 11 is 0. The number of hydrogen-bond acceptors (Lipinski definition) is 4. The van der Waals surface area contributed by atoms with Crippen LogP contribution >= 0.6 is 0 Å². The van der Waals surface area contributed by atoms with Gasteiger partial charge in [-0.05, 0) is 6.92 Å². The number of carbonyl (C=O) groups excluding carboxylic acids is 1. The number of rotatable bonds is 5. The Hall–Kier alpha value is -0.450. The molecule has 0 atom stereocenters. The number of nitrogens with one attached hydrogen (secondary N) is 1. The summed E-state index contributed by atoms with van der Waals surface area (Å²) in [5.41, 5.74) is 2.10. The smallest absolute Gasteiger partial charge is 0.147 e. The lowest BCUT2D eigenvalue weighted by Gasteiger charge is -1.98. The molecule has 0 fully saturated rings. The third kappa shape index (κ3) is 5.55. The molecular formula is C4H9NO3. The molecule has 1 N–H and O–H groups in total. The van der Waals surface area contributed by atoms with Crippen molar-refractivity contribution in [1.29, 1.82) is 0 Å². The van der Waals surface area contributed by atoms with E-state index in [1.165, 1.54) is 0 Å².